The molecular weight excluding hydrogens is 240 g/mol. The molecule has 94 valence electrons. The van der Waals surface area contributed by atoms with Crippen LogP contribution in [0.15, 0.2) is 0 Å². The van der Waals surface area contributed by atoms with E-state index in [9.17, 15) is 18.0 Å². The minimum Gasteiger partial charge on any atom is -0.480 e. The van der Waals surface area contributed by atoms with Crippen LogP contribution < -0.4 is 9.44 Å². The number of carboxylic acid groups (broad SMARTS) is 1. The van der Waals surface area contributed by atoms with Crippen molar-refractivity contribution >= 4 is 22.3 Å². The van der Waals surface area contributed by atoms with E-state index in [-0.39, 0.29) is 6.42 Å². The molecule has 16 heavy (non-hydrogen) atoms. The first-order chi connectivity index (χ1) is 7.17. The standard InChI is InChI=1S/C7H14N2O6S/c1-4-7(2,5(10)11)9-16(13,14)8-6(12)15-3/h9H,4H2,1-3H3,(H,8,12)(H,10,11). The van der Waals surface area contributed by atoms with Gasteiger partial charge in [0.15, 0.2) is 0 Å². The molecule has 0 aliphatic heterocycles. The van der Waals surface area contributed by atoms with Gasteiger partial charge in [0.1, 0.15) is 5.54 Å². The summed E-state index contributed by atoms with van der Waals surface area (Å²) in [6, 6.07) is 0. The second-order valence-electron chi connectivity index (χ2n) is 3.19. The van der Waals surface area contributed by atoms with Crippen LogP contribution in [0.5, 0.6) is 0 Å². The van der Waals surface area contributed by atoms with Gasteiger partial charge in [0.2, 0.25) is 0 Å². The summed E-state index contributed by atoms with van der Waals surface area (Å²) in [4.78, 5) is 21.5. The molecule has 0 saturated heterocycles. The molecule has 0 spiro atoms. The van der Waals surface area contributed by atoms with E-state index in [1.807, 2.05) is 4.72 Å². The van der Waals surface area contributed by atoms with E-state index in [2.05, 4.69) is 4.74 Å². The highest BCUT2D eigenvalue weighted by Crippen LogP contribution is 2.10. The molecule has 0 bridgehead atoms. The molecule has 0 saturated carbocycles. The lowest BCUT2D eigenvalue weighted by Crippen LogP contribution is -2.55. The zero-order valence-electron chi connectivity index (χ0n) is 9.10. The summed E-state index contributed by atoms with van der Waals surface area (Å²) >= 11 is 0. The third-order valence-electron chi connectivity index (χ3n) is 1.94. The number of methoxy groups -OCH3 is 1. The van der Waals surface area contributed by atoms with Crippen LogP contribution in [-0.4, -0.2) is 38.2 Å². The van der Waals surface area contributed by atoms with Crippen molar-refractivity contribution in [1.29, 1.82) is 0 Å². The van der Waals surface area contributed by atoms with Crippen molar-refractivity contribution < 1.29 is 27.9 Å². The van der Waals surface area contributed by atoms with Crippen LogP contribution in [0, 0.1) is 0 Å². The van der Waals surface area contributed by atoms with E-state index in [1.54, 1.807) is 0 Å². The van der Waals surface area contributed by atoms with Crippen LogP contribution in [0.2, 0.25) is 0 Å². The molecule has 0 radical (unpaired) electrons. The summed E-state index contributed by atoms with van der Waals surface area (Å²) in [6.45, 7) is 2.68. The quantitative estimate of drug-likeness (QED) is 0.604. The Kier molecular flexibility index (Phi) is 4.69. The summed E-state index contributed by atoms with van der Waals surface area (Å²) in [7, 11) is -3.28. The fourth-order valence-corrected chi connectivity index (χ4v) is 1.92. The van der Waals surface area contributed by atoms with Crippen LogP contribution >= 0.6 is 0 Å². The lowest BCUT2D eigenvalue weighted by molar-refractivity contribution is -0.143. The van der Waals surface area contributed by atoms with Crippen molar-refractivity contribution in [2.24, 2.45) is 0 Å². The Morgan fingerprint density at radius 2 is 1.94 bits per heavy atom. The average molecular weight is 254 g/mol. The van der Waals surface area contributed by atoms with Gasteiger partial charge in [0, 0.05) is 0 Å². The molecule has 0 heterocycles. The van der Waals surface area contributed by atoms with Gasteiger partial charge in [-0.2, -0.15) is 13.1 Å². The molecule has 0 aliphatic rings. The maximum Gasteiger partial charge on any atom is 0.421 e. The summed E-state index contributed by atoms with van der Waals surface area (Å²) < 4.78 is 30.0. The zero-order valence-corrected chi connectivity index (χ0v) is 9.92. The van der Waals surface area contributed by atoms with Crippen molar-refractivity contribution in [2.45, 2.75) is 25.8 Å². The van der Waals surface area contributed by atoms with Gasteiger partial charge in [0.25, 0.3) is 0 Å². The largest absolute Gasteiger partial charge is 0.480 e. The van der Waals surface area contributed by atoms with Crippen molar-refractivity contribution in [1.82, 2.24) is 9.44 Å². The minimum atomic E-state index is -4.26. The molecule has 1 atom stereocenters. The molecule has 0 fully saturated rings. The van der Waals surface area contributed by atoms with Gasteiger partial charge in [0.05, 0.1) is 7.11 Å². The minimum absolute atomic E-state index is 0.0183. The average Bonchev–Trinajstić information content (AvgIpc) is 2.15. The van der Waals surface area contributed by atoms with Crippen molar-refractivity contribution in [3.8, 4) is 0 Å². The fourth-order valence-electron chi connectivity index (χ4n) is 0.740. The van der Waals surface area contributed by atoms with Crippen molar-refractivity contribution in [3.05, 3.63) is 0 Å². The first-order valence-electron chi connectivity index (χ1n) is 4.30. The lowest BCUT2D eigenvalue weighted by Gasteiger charge is -2.23. The van der Waals surface area contributed by atoms with E-state index in [0.717, 1.165) is 7.11 Å². The van der Waals surface area contributed by atoms with Gasteiger partial charge in [-0.1, -0.05) is 6.92 Å². The lowest BCUT2D eigenvalue weighted by atomic mass is 10.0. The molecule has 0 aromatic carbocycles. The number of carboxylic acids is 1. The van der Waals surface area contributed by atoms with Crippen molar-refractivity contribution in [3.63, 3.8) is 0 Å². The highest BCUT2D eigenvalue weighted by atomic mass is 32.2. The molecule has 1 amide bonds. The number of carbonyl (C=O) groups is 2. The Morgan fingerprint density at radius 3 is 2.25 bits per heavy atom. The summed E-state index contributed by atoms with van der Waals surface area (Å²) in [5.41, 5.74) is -1.68. The third kappa shape index (κ3) is 4.03. The van der Waals surface area contributed by atoms with Crippen LogP contribution in [-0.2, 0) is 19.7 Å². The number of rotatable bonds is 5. The molecule has 8 nitrogen and oxygen atoms in total. The van der Waals surface area contributed by atoms with Gasteiger partial charge in [-0.05, 0) is 13.3 Å². The summed E-state index contributed by atoms with van der Waals surface area (Å²) in [5.74, 6) is -1.34. The molecule has 3 N–H and O–H groups in total. The molecule has 9 heteroatoms. The Bertz CT molecular complexity index is 378. The van der Waals surface area contributed by atoms with E-state index in [1.165, 1.54) is 18.6 Å². The van der Waals surface area contributed by atoms with Gasteiger partial charge in [-0.15, -0.1) is 0 Å². The van der Waals surface area contributed by atoms with Crippen LogP contribution in [0.25, 0.3) is 0 Å². The molecule has 0 rings (SSSR count). The highest BCUT2D eigenvalue weighted by molar-refractivity contribution is 7.88. The molecule has 0 aromatic heterocycles. The van der Waals surface area contributed by atoms with E-state index in [0.29, 0.717) is 0 Å². The summed E-state index contributed by atoms with van der Waals surface area (Å²) in [5, 5.41) is 8.82. The first kappa shape index (κ1) is 14.6. The van der Waals surface area contributed by atoms with E-state index >= 15 is 0 Å². The normalized spacial score (nSPS) is 14.9. The van der Waals surface area contributed by atoms with Crippen LogP contribution in [0.3, 0.4) is 0 Å². The molecule has 1 unspecified atom stereocenters. The fraction of sp³-hybridized carbons (Fsp3) is 0.714. The maximum absolute atomic E-state index is 11.3. The number of hydrogen-bond donors (Lipinski definition) is 3. The third-order valence-corrected chi connectivity index (χ3v) is 3.10. The molecule has 0 aromatic rings. The van der Waals surface area contributed by atoms with Crippen LogP contribution in [0.4, 0.5) is 4.79 Å². The zero-order chi connectivity index (χ0) is 13.0. The monoisotopic (exact) mass is 254 g/mol. The Morgan fingerprint density at radius 1 is 1.44 bits per heavy atom. The molecular formula is C7H14N2O6S. The number of nitrogens with one attached hydrogen (secondary N) is 2. The van der Waals surface area contributed by atoms with E-state index < -0.39 is 27.8 Å². The first-order valence-corrected chi connectivity index (χ1v) is 5.78. The number of ether oxygens (including phenoxy) is 1. The van der Waals surface area contributed by atoms with E-state index in [4.69, 9.17) is 5.11 Å². The second-order valence-corrected chi connectivity index (χ2v) is 4.61. The predicted octanol–water partition coefficient (Wildman–Crippen LogP) is -0.570. The number of aliphatic carboxylic acids is 1. The second kappa shape index (κ2) is 5.12. The SMILES string of the molecule is CCC(C)(NS(=O)(=O)NC(=O)OC)C(=O)O. The van der Waals surface area contributed by atoms with Gasteiger partial charge >= 0.3 is 22.3 Å². The number of amides is 1. The predicted molar refractivity (Wildman–Crippen MR) is 53.9 cm³/mol. The topological polar surface area (TPSA) is 122 Å². The molecule has 0 aliphatic carbocycles. The number of hydrogen-bond acceptors (Lipinski definition) is 5. The van der Waals surface area contributed by atoms with Gasteiger partial charge in [-0.25, -0.2) is 9.52 Å². The van der Waals surface area contributed by atoms with Crippen LogP contribution in [0.1, 0.15) is 20.3 Å². The Balaban J connectivity index is 4.82. The van der Waals surface area contributed by atoms with Crippen molar-refractivity contribution in [2.75, 3.05) is 7.11 Å². The van der Waals surface area contributed by atoms with Gasteiger partial charge < -0.3 is 9.84 Å². The smallest absolute Gasteiger partial charge is 0.421 e. The highest BCUT2D eigenvalue weighted by Gasteiger charge is 2.36. The number of carbonyl (C=O) groups excluding carboxylic acids is 1. The maximum atomic E-state index is 11.3. The Hall–Kier alpha value is -1.35. The Labute approximate surface area is 93.2 Å². The van der Waals surface area contributed by atoms with Gasteiger partial charge in [-0.3, -0.25) is 4.79 Å². The summed E-state index contributed by atoms with van der Waals surface area (Å²) in [6.07, 6.45) is -1.18.